The van der Waals surface area contributed by atoms with Gasteiger partial charge in [-0.1, -0.05) is 12.1 Å². The van der Waals surface area contributed by atoms with Crippen LogP contribution in [0.15, 0.2) is 24.3 Å². The van der Waals surface area contributed by atoms with Crippen LogP contribution >= 0.6 is 0 Å². The molecule has 4 nitrogen and oxygen atoms in total. The third-order valence-corrected chi connectivity index (χ3v) is 2.68. The Bertz CT molecular complexity index is 432. The van der Waals surface area contributed by atoms with Crippen LogP contribution < -0.4 is 11.1 Å². The zero-order chi connectivity index (χ0) is 14.6. The first-order valence-corrected chi connectivity index (χ1v) is 5.59. The molecule has 0 radical (unpaired) electrons. The Morgan fingerprint density at radius 3 is 2.32 bits per heavy atom. The molecule has 0 heterocycles. The fourth-order valence-corrected chi connectivity index (χ4v) is 1.47. The van der Waals surface area contributed by atoms with Crippen molar-refractivity contribution in [3.63, 3.8) is 0 Å². The van der Waals surface area contributed by atoms with Crippen molar-refractivity contribution < 1.29 is 23.1 Å². The first-order chi connectivity index (χ1) is 8.71. The molecule has 0 fully saturated rings. The van der Waals surface area contributed by atoms with Gasteiger partial charge in [-0.15, -0.1) is 0 Å². The third kappa shape index (κ3) is 4.53. The van der Waals surface area contributed by atoms with Crippen molar-refractivity contribution in [1.29, 1.82) is 0 Å². The Kier molecular flexibility index (Phi) is 4.90. The molecule has 0 aliphatic heterocycles. The number of nitrogens with two attached hydrogens (primary N) is 1. The van der Waals surface area contributed by atoms with Crippen molar-refractivity contribution in [2.24, 2.45) is 5.73 Å². The number of aliphatic hydroxyl groups is 1. The zero-order valence-corrected chi connectivity index (χ0v) is 10.2. The third-order valence-electron chi connectivity index (χ3n) is 2.68. The highest BCUT2D eigenvalue weighted by Gasteiger charge is 2.30. The molecule has 0 aliphatic carbocycles. The van der Waals surface area contributed by atoms with E-state index in [2.05, 4.69) is 5.32 Å². The summed E-state index contributed by atoms with van der Waals surface area (Å²) in [5, 5.41) is 12.0. The normalized spacial score (nSPS) is 15.0. The summed E-state index contributed by atoms with van der Waals surface area (Å²) in [6.45, 7) is 1.65. The Hall–Kier alpha value is -1.60. The van der Waals surface area contributed by atoms with E-state index in [1.807, 2.05) is 0 Å². The highest BCUT2D eigenvalue weighted by atomic mass is 19.4. The first-order valence-electron chi connectivity index (χ1n) is 5.59. The van der Waals surface area contributed by atoms with Gasteiger partial charge in [-0.25, -0.2) is 0 Å². The number of halogens is 3. The van der Waals surface area contributed by atoms with Gasteiger partial charge in [-0.2, -0.15) is 13.2 Å². The van der Waals surface area contributed by atoms with Crippen LogP contribution in [0.4, 0.5) is 13.2 Å². The van der Waals surface area contributed by atoms with Crippen LogP contribution in [0, 0.1) is 0 Å². The van der Waals surface area contributed by atoms with E-state index >= 15 is 0 Å². The molecule has 0 aliphatic rings. The molecular weight excluding hydrogens is 261 g/mol. The molecule has 19 heavy (non-hydrogen) atoms. The number of aliphatic hydroxyl groups excluding tert-OH is 1. The summed E-state index contributed by atoms with van der Waals surface area (Å²) in [5.74, 6) is -0.855. The van der Waals surface area contributed by atoms with E-state index in [-0.39, 0.29) is 12.6 Å². The molecule has 1 rings (SSSR count). The van der Waals surface area contributed by atoms with E-state index in [0.29, 0.717) is 5.56 Å². The second-order valence-electron chi connectivity index (χ2n) is 4.17. The lowest BCUT2D eigenvalue weighted by Crippen LogP contribution is -2.38. The van der Waals surface area contributed by atoms with Gasteiger partial charge < -0.3 is 16.2 Å². The van der Waals surface area contributed by atoms with Crippen LogP contribution in [0.2, 0.25) is 0 Å². The molecule has 1 amide bonds. The number of primary amides is 1. The molecule has 106 valence electrons. The topological polar surface area (TPSA) is 75.3 Å². The van der Waals surface area contributed by atoms with E-state index in [1.165, 1.54) is 12.1 Å². The number of rotatable bonds is 5. The Balaban J connectivity index is 2.63. The van der Waals surface area contributed by atoms with Crippen molar-refractivity contribution in [1.82, 2.24) is 5.32 Å². The quantitative estimate of drug-likeness (QED) is 0.756. The zero-order valence-electron chi connectivity index (χ0n) is 10.2. The highest BCUT2D eigenvalue weighted by molar-refractivity contribution is 5.78. The molecule has 0 saturated heterocycles. The second-order valence-corrected chi connectivity index (χ2v) is 4.17. The fourth-order valence-electron chi connectivity index (χ4n) is 1.47. The maximum Gasteiger partial charge on any atom is 0.416 e. The predicted molar refractivity (Wildman–Crippen MR) is 63.1 cm³/mol. The smallest absolute Gasteiger partial charge is 0.382 e. The van der Waals surface area contributed by atoms with E-state index in [9.17, 15) is 23.1 Å². The molecule has 0 bridgehead atoms. The van der Waals surface area contributed by atoms with Crippen LogP contribution in [-0.2, 0) is 11.0 Å². The van der Waals surface area contributed by atoms with Crippen LogP contribution in [0.1, 0.15) is 24.1 Å². The van der Waals surface area contributed by atoms with Crippen LogP contribution in [-0.4, -0.2) is 23.7 Å². The van der Waals surface area contributed by atoms with Gasteiger partial charge in [0.15, 0.2) is 0 Å². The van der Waals surface area contributed by atoms with Gasteiger partial charge in [0, 0.05) is 12.6 Å². The monoisotopic (exact) mass is 276 g/mol. The molecule has 0 spiro atoms. The van der Waals surface area contributed by atoms with Gasteiger partial charge in [0.05, 0.1) is 5.56 Å². The molecule has 1 aromatic carbocycles. The minimum atomic E-state index is -4.36. The van der Waals surface area contributed by atoms with Crippen molar-refractivity contribution in [2.75, 3.05) is 6.54 Å². The van der Waals surface area contributed by atoms with Crippen LogP contribution in [0.25, 0.3) is 0 Å². The molecule has 4 N–H and O–H groups in total. The maximum atomic E-state index is 12.4. The largest absolute Gasteiger partial charge is 0.416 e. The summed E-state index contributed by atoms with van der Waals surface area (Å²) in [5.41, 5.74) is 4.77. The van der Waals surface area contributed by atoms with Crippen molar-refractivity contribution in [2.45, 2.75) is 25.2 Å². The van der Waals surface area contributed by atoms with Crippen LogP contribution in [0.3, 0.4) is 0 Å². The van der Waals surface area contributed by atoms with Gasteiger partial charge in [0.1, 0.15) is 6.10 Å². The molecular formula is C12H15F3N2O2. The van der Waals surface area contributed by atoms with Gasteiger partial charge >= 0.3 is 6.18 Å². The Morgan fingerprint density at radius 2 is 1.89 bits per heavy atom. The lowest BCUT2D eigenvalue weighted by molar-refractivity contribution is -0.137. The lowest BCUT2D eigenvalue weighted by atomic mass is 10.1. The number of carbonyl (C=O) groups is 1. The molecule has 0 saturated carbocycles. The standard InChI is InChI=1S/C12H15F3N2O2/c1-7(17-6-10(18)11(16)19)8-2-4-9(5-3-8)12(13,14)15/h2-5,7,10,17-18H,6H2,1H3,(H2,16,19). The number of benzene rings is 1. The SMILES string of the molecule is CC(NCC(O)C(N)=O)c1ccc(C(F)(F)F)cc1. The predicted octanol–water partition coefficient (Wildman–Crippen LogP) is 1.20. The summed E-state index contributed by atoms with van der Waals surface area (Å²) in [6.07, 6.45) is -5.69. The number of hydrogen-bond donors (Lipinski definition) is 3. The van der Waals surface area contributed by atoms with E-state index in [1.54, 1.807) is 6.92 Å². The average Bonchev–Trinajstić information content (AvgIpc) is 2.34. The number of alkyl halides is 3. The van der Waals surface area contributed by atoms with Gasteiger partial charge in [-0.3, -0.25) is 4.79 Å². The first kappa shape index (κ1) is 15.5. The Morgan fingerprint density at radius 1 is 1.37 bits per heavy atom. The number of nitrogens with one attached hydrogen (secondary N) is 1. The summed E-state index contributed by atoms with van der Waals surface area (Å²) < 4.78 is 37.1. The van der Waals surface area contributed by atoms with Crippen molar-refractivity contribution >= 4 is 5.91 Å². The summed E-state index contributed by atoms with van der Waals surface area (Å²) in [7, 11) is 0. The van der Waals surface area contributed by atoms with Gasteiger partial charge in [0.2, 0.25) is 5.91 Å². The van der Waals surface area contributed by atoms with E-state index in [4.69, 9.17) is 5.73 Å². The summed E-state index contributed by atoms with van der Waals surface area (Å²) >= 11 is 0. The van der Waals surface area contributed by atoms with E-state index in [0.717, 1.165) is 12.1 Å². The number of amides is 1. The minimum Gasteiger partial charge on any atom is -0.382 e. The summed E-state index contributed by atoms with van der Waals surface area (Å²) in [6, 6.07) is 4.35. The highest BCUT2D eigenvalue weighted by Crippen LogP contribution is 2.29. The number of carbonyl (C=O) groups excluding carboxylic acids is 1. The van der Waals surface area contributed by atoms with Crippen LogP contribution in [0.5, 0.6) is 0 Å². The molecule has 2 unspecified atom stereocenters. The summed E-state index contributed by atoms with van der Waals surface area (Å²) in [4.78, 5) is 10.6. The van der Waals surface area contributed by atoms with Crippen molar-refractivity contribution in [3.05, 3.63) is 35.4 Å². The van der Waals surface area contributed by atoms with Gasteiger partial charge in [-0.05, 0) is 24.6 Å². The Labute approximate surface area is 108 Å². The minimum absolute atomic E-state index is 0.0580. The molecule has 0 aromatic heterocycles. The molecule has 2 atom stereocenters. The van der Waals surface area contributed by atoms with Gasteiger partial charge in [0.25, 0.3) is 0 Å². The van der Waals surface area contributed by atoms with Crippen molar-refractivity contribution in [3.8, 4) is 0 Å². The average molecular weight is 276 g/mol. The molecule has 7 heteroatoms. The maximum absolute atomic E-state index is 12.4. The van der Waals surface area contributed by atoms with E-state index < -0.39 is 23.8 Å². The lowest BCUT2D eigenvalue weighted by Gasteiger charge is -2.16. The fraction of sp³-hybridized carbons (Fsp3) is 0.417. The molecule has 1 aromatic rings. The number of hydrogen-bond acceptors (Lipinski definition) is 3. The second kappa shape index (κ2) is 6.03.